The minimum atomic E-state index is -0.282. The molecule has 0 spiro atoms. The van der Waals surface area contributed by atoms with E-state index in [1.165, 1.54) is 12.5 Å². The van der Waals surface area contributed by atoms with E-state index in [1.54, 1.807) is 18.2 Å². The predicted molar refractivity (Wildman–Crippen MR) is 74.5 cm³/mol. The molecule has 104 valence electrons. The Bertz CT molecular complexity index is 446. The molecule has 19 heavy (non-hydrogen) atoms. The van der Waals surface area contributed by atoms with Crippen molar-refractivity contribution in [3.8, 4) is 0 Å². The van der Waals surface area contributed by atoms with Crippen molar-refractivity contribution < 1.29 is 9.18 Å². The number of carbonyl (C=O) groups is 1. The number of benzene rings is 1. The first kappa shape index (κ1) is 14.2. The molecular formula is C16H22FNO. The molecular weight excluding hydrogens is 241 g/mol. The van der Waals surface area contributed by atoms with Gasteiger partial charge in [-0.25, -0.2) is 4.39 Å². The van der Waals surface area contributed by atoms with E-state index in [-0.39, 0.29) is 18.0 Å². The largest absolute Gasteiger partial charge is 0.298 e. The molecule has 1 saturated heterocycles. The van der Waals surface area contributed by atoms with Crippen LogP contribution in [0, 0.1) is 11.7 Å². The third-order valence-electron chi connectivity index (χ3n) is 4.23. The van der Waals surface area contributed by atoms with Gasteiger partial charge in [-0.1, -0.05) is 25.1 Å². The van der Waals surface area contributed by atoms with Crippen LogP contribution in [-0.2, 0) is 11.2 Å². The van der Waals surface area contributed by atoms with E-state index in [9.17, 15) is 9.18 Å². The van der Waals surface area contributed by atoms with Crippen LogP contribution in [0.5, 0.6) is 0 Å². The molecule has 2 rings (SSSR count). The fourth-order valence-electron chi connectivity index (χ4n) is 2.78. The predicted octanol–water partition coefficient (Wildman–Crippen LogP) is 3.06. The molecule has 0 aromatic heterocycles. The fourth-order valence-corrected chi connectivity index (χ4v) is 2.78. The monoisotopic (exact) mass is 263 g/mol. The first-order valence-electron chi connectivity index (χ1n) is 7.07. The van der Waals surface area contributed by atoms with Gasteiger partial charge in [-0.15, -0.1) is 0 Å². The highest BCUT2D eigenvalue weighted by Gasteiger charge is 2.26. The summed E-state index contributed by atoms with van der Waals surface area (Å²) in [6, 6.07) is 6.97. The highest BCUT2D eigenvalue weighted by molar-refractivity contribution is 5.82. The van der Waals surface area contributed by atoms with E-state index in [4.69, 9.17) is 0 Å². The summed E-state index contributed by atoms with van der Waals surface area (Å²) >= 11 is 0. The zero-order valence-corrected chi connectivity index (χ0v) is 11.7. The maximum absolute atomic E-state index is 13.5. The Morgan fingerprint density at radius 2 is 2.11 bits per heavy atom. The summed E-state index contributed by atoms with van der Waals surface area (Å²) in [6.07, 6.45) is 2.59. The van der Waals surface area contributed by atoms with Crippen molar-refractivity contribution >= 4 is 5.78 Å². The van der Waals surface area contributed by atoms with Gasteiger partial charge in [-0.05, 0) is 43.9 Å². The van der Waals surface area contributed by atoms with Crippen LogP contribution in [0.25, 0.3) is 0 Å². The number of nitrogens with zero attached hydrogens (tertiary/aromatic N) is 1. The van der Waals surface area contributed by atoms with E-state index >= 15 is 0 Å². The van der Waals surface area contributed by atoms with Crippen LogP contribution in [0.4, 0.5) is 4.39 Å². The number of likely N-dealkylation sites (tertiary alicyclic amines) is 1. The third kappa shape index (κ3) is 3.63. The Hall–Kier alpha value is -1.22. The number of Topliss-reactive ketones (excluding diaryl/α,β-unsaturated/α-hetero) is 1. The van der Waals surface area contributed by atoms with Crippen LogP contribution in [0.3, 0.4) is 0 Å². The Labute approximate surface area is 114 Å². The van der Waals surface area contributed by atoms with E-state index in [1.807, 2.05) is 0 Å². The quantitative estimate of drug-likeness (QED) is 0.832. The molecule has 1 aromatic carbocycles. The number of rotatable bonds is 4. The second-order valence-electron chi connectivity index (χ2n) is 5.64. The number of halogens is 1. The van der Waals surface area contributed by atoms with Crippen molar-refractivity contribution in [1.82, 2.24) is 4.90 Å². The Morgan fingerprint density at radius 1 is 1.37 bits per heavy atom. The molecule has 1 heterocycles. The van der Waals surface area contributed by atoms with Gasteiger partial charge < -0.3 is 0 Å². The zero-order chi connectivity index (χ0) is 13.8. The minimum Gasteiger partial charge on any atom is -0.298 e. The number of piperidine rings is 1. The van der Waals surface area contributed by atoms with Crippen molar-refractivity contribution in [3.63, 3.8) is 0 Å². The highest BCUT2D eigenvalue weighted by atomic mass is 19.1. The average molecular weight is 263 g/mol. The molecule has 0 aliphatic carbocycles. The lowest BCUT2D eigenvalue weighted by atomic mass is 9.91. The second kappa shape index (κ2) is 6.29. The van der Waals surface area contributed by atoms with Crippen molar-refractivity contribution in [2.24, 2.45) is 5.92 Å². The summed E-state index contributed by atoms with van der Waals surface area (Å²) in [6.45, 7) is 5.84. The van der Waals surface area contributed by atoms with Gasteiger partial charge >= 0.3 is 0 Å². The topological polar surface area (TPSA) is 20.3 Å². The van der Waals surface area contributed by atoms with Crippen LogP contribution in [0.15, 0.2) is 24.3 Å². The van der Waals surface area contributed by atoms with E-state index in [2.05, 4.69) is 18.7 Å². The molecule has 0 saturated carbocycles. The summed E-state index contributed by atoms with van der Waals surface area (Å²) in [5.41, 5.74) is 0.505. The molecule has 0 N–H and O–H groups in total. The van der Waals surface area contributed by atoms with Gasteiger partial charge in [0.05, 0.1) is 6.54 Å². The van der Waals surface area contributed by atoms with Crippen molar-refractivity contribution in [2.45, 2.75) is 39.2 Å². The average Bonchev–Trinajstić information content (AvgIpc) is 2.38. The van der Waals surface area contributed by atoms with Gasteiger partial charge in [0.2, 0.25) is 0 Å². The Balaban J connectivity index is 1.93. The van der Waals surface area contributed by atoms with E-state index < -0.39 is 0 Å². The maximum atomic E-state index is 13.5. The minimum absolute atomic E-state index is 0.103. The lowest BCUT2D eigenvalue weighted by Gasteiger charge is -2.37. The molecule has 2 nitrogen and oxygen atoms in total. The van der Waals surface area contributed by atoms with Crippen molar-refractivity contribution in [2.75, 3.05) is 13.1 Å². The van der Waals surface area contributed by atoms with Gasteiger partial charge in [0.15, 0.2) is 5.78 Å². The van der Waals surface area contributed by atoms with E-state index in [0.717, 1.165) is 13.0 Å². The molecule has 3 heteroatoms. The van der Waals surface area contributed by atoms with Gasteiger partial charge in [0.1, 0.15) is 5.82 Å². The molecule has 2 unspecified atom stereocenters. The van der Waals surface area contributed by atoms with Crippen LogP contribution in [-0.4, -0.2) is 29.8 Å². The van der Waals surface area contributed by atoms with Crippen molar-refractivity contribution in [3.05, 3.63) is 35.6 Å². The summed E-state index contributed by atoms with van der Waals surface area (Å²) in [5.74, 6) is 0.456. The van der Waals surface area contributed by atoms with Crippen LogP contribution >= 0.6 is 0 Å². The smallest absolute Gasteiger partial charge is 0.151 e. The molecule has 1 aromatic rings. The SMILES string of the molecule is CC1CCCN(CC(=O)Cc2ccccc2F)C1C. The normalized spacial score (nSPS) is 24.4. The fraction of sp³-hybridized carbons (Fsp3) is 0.562. The first-order valence-corrected chi connectivity index (χ1v) is 7.07. The molecule has 0 amide bonds. The molecule has 1 fully saturated rings. The molecule has 0 radical (unpaired) electrons. The number of hydrogen-bond donors (Lipinski definition) is 0. The van der Waals surface area contributed by atoms with Crippen LogP contribution in [0.2, 0.25) is 0 Å². The van der Waals surface area contributed by atoms with Gasteiger partial charge in [-0.3, -0.25) is 9.69 Å². The number of ketones is 1. The molecule has 1 aliphatic rings. The number of carbonyl (C=O) groups excluding carboxylic acids is 1. The van der Waals surface area contributed by atoms with Crippen LogP contribution < -0.4 is 0 Å². The third-order valence-corrected chi connectivity index (χ3v) is 4.23. The number of hydrogen-bond acceptors (Lipinski definition) is 2. The molecule has 2 atom stereocenters. The van der Waals surface area contributed by atoms with E-state index in [0.29, 0.717) is 24.1 Å². The van der Waals surface area contributed by atoms with Gasteiger partial charge in [0, 0.05) is 12.5 Å². The van der Waals surface area contributed by atoms with Gasteiger partial charge in [0.25, 0.3) is 0 Å². The highest BCUT2D eigenvalue weighted by Crippen LogP contribution is 2.22. The maximum Gasteiger partial charge on any atom is 0.151 e. The standard InChI is InChI=1S/C16H22FNO/c1-12-6-5-9-18(13(12)2)11-15(19)10-14-7-3-4-8-16(14)17/h3-4,7-8,12-13H,5-6,9-11H2,1-2H3. The summed E-state index contributed by atoms with van der Waals surface area (Å²) in [7, 11) is 0. The van der Waals surface area contributed by atoms with Crippen LogP contribution in [0.1, 0.15) is 32.3 Å². The summed E-state index contributed by atoms with van der Waals surface area (Å²) in [4.78, 5) is 14.3. The zero-order valence-electron chi connectivity index (χ0n) is 11.7. The molecule has 0 bridgehead atoms. The summed E-state index contributed by atoms with van der Waals surface area (Å²) in [5, 5.41) is 0. The lowest BCUT2D eigenvalue weighted by Crippen LogP contribution is -2.45. The first-order chi connectivity index (χ1) is 9.08. The second-order valence-corrected chi connectivity index (χ2v) is 5.64. The van der Waals surface area contributed by atoms with Gasteiger partial charge in [-0.2, -0.15) is 0 Å². The molecule has 1 aliphatic heterocycles. The summed E-state index contributed by atoms with van der Waals surface area (Å²) < 4.78 is 13.5. The Kier molecular flexibility index (Phi) is 4.70. The Morgan fingerprint density at radius 3 is 2.84 bits per heavy atom. The lowest BCUT2D eigenvalue weighted by molar-refractivity contribution is -0.120. The van der Waals surface area contributed by atoms with Crippen molar-refractivity contribution in [1.29, 1.82) is 0 Å².